The zero-order valence-electron chi connectivity index (χ0n) is 18.7. The number of rotatable bonds is 7. The third-order valence-electron chi connectivity index (χ3n) is 6.35. The number of H-pyrrole nitrogens is 1. The Morgan fingerprint density at radius 3 is 2.42 bits per heavy atom. The zero-order chi connectivity index (χ0) is 22.0. The average Bonchev–Trinajstić information content (AvgIpc) is 3.26. The Kier molecular flexibility index (Phi) is 5.79. The van der Waals surface area contributed by atoms with Crippen molar-refractivity contribution >= 4 is 11.0 Å². The highest BCUT2D eigenvalue weighted by atomic mass is 16.3. The second-order valence-corrected chi connectivity index (χ2v) is 8.48. The van der Waals surface area contributed by atoms with Crippen LogP contribution in [0, 0.1) is 0 Å². The van der Waals surface area contributed by atoms with Crippen LogP contribution in [-0.4, -0.2) is 38.5 Å². The molecule has 160 valence electrons. The van der Waals surface area contributed by atoms with Crippen LogP contribution >= 0.6 is 0 Å². The number of aromatic amines is 1. The molecule has 0 spiro atoms. The van der Waals surface area contributed by atoms with Crippen LogP contribution in [0.25, 0.3) is 22.2 Å². The van der Waals surface area contributed by atoms with E-state index < -0.39 is 0 Å². The lowest BCUT2D eigenvalue weighted by Gasteiger charge is -2.32. The molecule has 3 aromatic carbocycles. The number of nitrogens with zero attached hydrogens (tertiary/aromatic N) is 3. The second-order valence-electron chi connectivity index (χ2n) is 8.48. The highest BCUT2D eigenvalue weighted by Gasteiger charge is 2.29. The van der Waals surface area contributed by atoms with Crippen molar-refractivity contribution in [3.63, 3.8) is 0 Å². The first kappa shape index (κ1) is 21.1. The summed E-state index contributed by atoms with van der Waals surface area (Å²) in [7, 11) is 0. The molecule has 2 N–H and O–H groups in total. The smallest absolute Gasteiger partial charge is 0.123 e. The fourth-order valence-electron chi connectivity index (χ4n) is 4.39. The molecule has 0 radical (unpaired) electrons. The molecular formula is C26H30N4O. The first-order valence-corrected chi connectivity index (χ1v) is 10.9. The van der Waals surface area contributed by atoms with Crippen LogP contribution in [0.15, 0.2) is 60.7 Å². The van der Waals surface area contributed by atoms with Crippen LogP contribution in [0.4, 0.5) is 0 Å². The third kappa shape index (κ3) is 3.93. The fraction of sp³-hybridized carbons (Fsp3) is 0.308. The van der Waals surface area contributed by atoms with E-state index in [-0.39, 0.29) is 5.41 Å². The molecule has 0 atom stereocenters. The summed E-state index contributed by atoms with van der Waals surface area (Å²) in [6.07, 6.45) is 0. The van der Waals surface area contributed by atoms with Crippen molar-refractivity contribution in [3.8, 4) is 16.9 Å². The molecule has 0 fully saturated rings. The van der Waals surface area contributed by atoms with Crippen LogP contribution in [0.1, 0.15) is 44.4 Å². The number of phenols is 1. The summed E-state index contributed by atoms with van der Waals surface area (Å²) in [4.78, 5) is 2.39. The number of aromatic nitrogens is 3. The van der Waals surface area contributed by atoms with E-state index in [2.05, 4.69) is 78.3 Å². The molecule has 4 rings (SSSR count). The lowest BCUT2D eigenvalue weighted by Crippen LogP contribution is -2.27. The van der Waals surface area contributed by atoms with Gasteiger partial charge in [0.25, 0.3) is 0 Å². The van der Waals surface area contributed by atoms with Gasteiger partial charge in [-0.25, -0.2) is 0 Å². The van der Waals surface area contributed by atoms with Crippen LogP contribution in [0.2, 0.25) is 0 Å². The third-order valence-corrected chi connectivity index (χ3v) is 6.35. The molecule has 0 bridgehead atoms. The Morgan fingerprint density at radius 2 is 1.71 bits per heavy atom. The molecule has 5 nitrogen and oxygen atoms in total. The number of hydrogen-bond acceptors (Lipinski definition) is 4. The molecule has 1 heterocycles. The monoisotopic (exact) mass is 414 g/mol. The predicted molar refractivity (Wildman–Crippen MR) is 126 cm³/mol. The summed E-state index contributed by atoms with van der Waals surface area (Å²) in [6, 6.07) is 20.5. The SMILES string of the molecule is CCN(CC)Cc1c(C(C)(C)c2ccccc2)ccc(O)c1-c1ccc2nn[nH]c2c1. The molecule has 0 saturated heterocycles. The minimum Gasteiger partial charge on any atom is -0.507 e. The summed E-state index contributed by atoms with van der Waals surface area (Å²) >= 11 is 0. The van der Waals surface area contributed by atoms with E-state index in [1.807, 2.05) is 30.3 Å². The van der Waals surface area contributed by atoms with E-state index in [4.69, 9.17) is 0 Å². The molecule has 31 heavy (non-hydrogen) atoms. The van der Waals surface area contributed by atoms with Gasteiger partial charge in [-0.2, -0.15) is 0 Å². The maximum Gasteiger partial charge on any atom is 0.123 e. The standard InChI is InChI=1S/C26H30N4O/c1-5-30(6-2)17-20-21(26(3,4)19-10-8-7-9-11-19)13-15-24(31)25(20)18-12-14-22-23(16-18)28-29-27-22/h7-16,31H,5-6,17H2,1-4H3,(H,27,28,29). The van der Waals surface area contributed by atoms with Crippen molar-refractivity contribution in [3.05, 3.63) is 77.4 Å². The van der Waals surface area contributed by atoms with Crippen LogP contribution in [-0.2, 0) is 12.0 Å². The van der Waals surface area contributed by atoms with E-state index in [1.165, 1.54) is 11.1 Å². The van der Waals surface area contributed by atoms with Gasteiger partial charge >= 0.3 is 0 Å². The van der Waals surface area contributed by atoms with Gasteiger partial charge in [-0.1, -0.05) is 75.4 Å². The topological polar surface area (TPSA) is 65.0 Å². The molecule has 0 saturated carbocycles. The summed E-state index contributed by atoms with van der Waals surface area (Å²) in [5.74, 6) is 0.293. The lowest BCUT2D eigenvalue weighted by molar-refractivity contribution is 0.293. The summed E-state index contributed by atoms with van der Waals surface area (Å²) in [5, 5.41) is 22.0. The maximum absolute atomic E-state index is 11.0. The van der Waals surface area contributed by atoms with Crippen molar-refractivity contribution in [1.82, 2.24) is 20.3 Å². The summed E-state index contributed by atoms with van der Waals surface area (Å²) in [5.41, 5.74) is 6.93. The van der Waals surface area contributed by atoms with Crippen molar-refractivity contribution in [1.29, 1.82) is 0 Å². The van der Waals surface area contributed by atoms with E-state index in [0.717, 1.165) is 47.4 Å². The number of hydrogen-bond donors (Lipinski definition) is 2. The molecule has 4 aromatic rings. The number of nitrogens with one attached hydrogen (secondary N) is 1. The van der Waals surface area contributed by atoms with Crippen molar-refractivity contribution in [2.24, 2.45) is 0 Å². The van der Waals surface area contributed by atoms with Gasteiger partial charge in [-0.15, -0.1) is 5.10 Å². The molecule has 1 aromatic heterocycles. The number of benzene rings is 3. The summed E-state index contributed by atoms with van der Waals surface area (Å²) < 4.78 is 0. The zero-order valence-corrected chi connectivity index (χ0v) is 18.7. The molecule has 0 aliphatic carbocycles. The predicted octanol–water partition coefficient (Wildman–Crippen LogP) is 5.50. The molecule has 0 aliphatic heterocycles. The molecule has 0 amide bonds. The highest BCUT2D eigenvalue weighted by molar-refractivity contribution is 5.84. The number of aromatic hydroxyl groups is 1. The van der Waals surface area contributed by atoms with Gasteiger partial charge in [-0.05, 0) is 53.5 Å². The van der Waals surface area contributed by atoms with Gasteiger partial charge in [0.15, 0.2) is 0 Å². The van der Waals surface area contributed by atoms with Crippen molar-refractivity contribution < 1.29 is 5.11 Å². The Bertz CT molecular complexity index is 1180. The first-order chi connectivity index (χ1) is 15.0. The molecule has 0 unspecified atom stereocenters. The van der Waals surface area contributed by atoms with Gasteiger partial charge in [0, 0.05) is 17.5 Å². The molecule has 5 heteroatoms. The van der Waals surface area contributed by atoms with Crippen LogP contribution < -0.4 is 0 Å². The minimum atomic E-state index is -0.216. The Labute approximate surface area is 183 Å². The fourth-order valence-corrected chi connectivity index (χ4v) is 4.39. The van der Waals surface area contributed by atoms with Crippen molar-refractivity contribution in [2.45, 2.75) is 39.7 Å². The van der Waals surface area contributed by atoms with E-state index in [9.17, 15) is 5.11 Å². The average molecular weight is 415 g/mol. The highest BCUT2D eigenvalue weighted by Crippen LogP contribution is 2.42. The largest absolute Gasteiger partial charge is 0.507 e. The van der Waals surface area contributed by atoms with Crippen LogP contribution in [0.5, 0.6) is 5.75 Å². The van der Waals surface area contributed by atoms with Gasteiger partial charge in [0.05, 0.1) is 5.52 Å². The first-order valence-electron chi connectivity index (χ1n) is 10.9. The minimum absolute atomic E-state index is 0.216. The van der Waals surface area contributed by atoms with Gasteiger partial charge < -0.3 is 5.11 Å². The van der Waals surface area contributed by atoms with Crippen molar-refractivity contribution in [2.75, 3.05) is 13.1 Å². The second kappa shape index (κ2) is 8.52. The van der Waals surface area contributed by atoms with Crippen LogP contribution in [0.3, 0.4) is 0 Å². The van der Waals surface area contributed by atoms with Gasteiger partial charge in [-0.3, -0.25) is 10.00 Å². The summed E-state index contributed by atoms with van der Waals surface area (Å²) in [6.45, 7) is 11.5. The van der Waals surface area contributed by atoms with Gasteiger partial charge in [0.2, 0.25) is 0 Å². The molecular weight excluding hydrogens is 384 g/mol. The Hall–Kier alpha value is -3.18. The van der Waals surface area contributed by atoms with E-state index in [1.54, 1.807) is 0 Å². The lowest BCUT2D eigenvalue weighted by atomic mass is 9.74. The number of phenolic OH excluding ortho intramolecular Hbond substituents is 1. The van der Waals surface area contributed by atoms with Gasteiger partial charge in [0.1, 0.15) is 11.3 Å². The van der Waals surface area contributed by atoms with E-state index in [0.29, 0.717) is 5.75 Å². The Morgan fingerprint density at radius 1 is 0.968 bits per heavy atom. The normalized spacial score (nSPS) is 12.0. The quantitative estimate of drug-likeness (QED) is 0.419. The number of fused-ring (bicyclic) bond motifs is 1. The maximum atomic E-state index is 11.0. The molecule has 0 aliphatic rings. The van der Waals surface area contributed by atoms with E-state index >= 15 is 0 Å². The Balaban J connectivity index is 1.96.